The minimum absolute atomic E-state index is 0.0913. The average Bonchev–Trinajstić information content (AvgIpc) is 2.13. The molecular formula is C15H23NO2. The molecular weight excluding hydrogens is 226 g/mol. The molecule has 2 N–H and O–H groups in total. The molecule has 0 amide bonds. The normalized spacial score (nSPS) is 12.3. The number of carboxylic acids is 1. The van der Waals surface area contributed by atoms with Crippen molar-refractivity contribution in [1.29, 1.82) is 0 Å². The van der Waals surface area contributed by atoms with Crippen LogP contribution < -0.4 is 5.32 Å². The third-order valence-electron chi connectivity index (χ3n) is 2.83. The van der Waals surface area contributed by atoms with E-state index in [1.807, 2.05) is 26.0 Å². The summed E-state index contributed by atoms with van der Waals surface area (Å²) in [5, 5.41) is 12.1. The summed E-state index contributed by atoms with van der Waals surface area (Å²) in [6.07, 6.45) is 0.0913. The van der Waals surface area contributed by atoms with Crippen LogP contribution in [-0.2, 0) is 10.2 Å². The largest absolute Gasteiger partial charge is 0.481 e. The summed E-state index contributed by atoms with van der Waals surface area (Å²) in [5.74, 6) is -0.793. The number of hydrogen-bond acceptors (Lipinski definition) is 2. The highest BCUT2D eigenvalue weighted by Gasteiger charge is 2.21. The molecule has 3 heteroatoms. The summed E-state index contributed by atoms with van der Waals surface area (Å²) in [6, 6.07) is 8.17. The third-order valence-corrected chi connectivity index (χ3v) is 2.83. The minimum Gasteiger partial charge on any atom is -0.481 e. The van der Waals surface area contributed by atoms with Crippen molar-refractivity contribution >= 4 is 11.7 Å². The Morgan fingerprint density at radius 2 is 1.61 bits per heavy atom. The molecule has 0 aliphatic carbocycles. The molecule has 0 unspecified atom stereocenters. The molecule has 0 aliphatic rings. The van der Waals surface area contributed by atoms with E-state index in [0.29, 0.717) is 0 Å². The topological polar surface area (TPSA) is 49.3 Å². The number of carbonyl (C=O) groups is 1. The SMILES string of the molecule is CC(C)(CC(=O)O)Nc1ccc(C(C)(C)C)cc1. The van der Waals surface area contributed by atoms with Crippen molar-refractivity contribution in [3.63, 3.8) is 0 Å². The van der Waals surface area contributed by atoms with Crippen LogP contribution in [0.2, 0.25) is 0 Å². The van der Waals surface area contributed by atoms with Gasteiger partial charge < -0.3 is 10.4 Å². The Labute approximate surface area is 109 Å². The molecule has 100 valence electrons. The summed E-state index contributed by atoms with van der Waals surface area (Å²) in [4.78, 5) is 10.8. The Balaban J connectivity index is 2.78. The van der Waals surface area contributed by atoms with Crippen molar-refractivity contribution < 1.29 is 9.90 Å². The van der Waals surface area contributed by atoms with Gasteiger partial charge in [-0.3, -0.25) is 4.79 Å². The molecule has 0 saturated heterocycles. The van der Waals surface area contributed by atoms with Gasteiger partial charge in [0, 0.05) is 11.2 Å². The maximum atomic E-state index is 10.8. The standard InChI is InChI=1S/C15H23NO2/c1-14(2,3)11-6-8-12(9-7-11)16-15(4,5)10-13(17)18/h6-9,16H,10H2,1-5H3,(H,17,18). The zero-order valence-corrected chi connectivity index (χ0v) is 11.9. The van der Waals surface area contributed by atoms with Crippen molar-refractivity contribution in [1.82, 2.24) is 0 Å². The number of aliphatic carboxylic acids is 1. The number of rotatable bonds is 4. The van der Waals surface area contributed by atoms with Gasteiger partial charge in [-0.2, -0.15) is 0 Å². The second-order valence-electron chi connectivity index (χ2n) is 6.41. The van der Waals surface area contributed by atoms with Gasteiger partial charge in [0.1, 0.15) is 0 Å². The number of carboxylic acid groups (broad SMARTS) is 1. The number of anilines is 1. The van der Waals surface area contributed by atoms with E-state index < -0.39 is 11.5 Å². The van der Waals surface area contributed by atoms with Crippen LogP contribution in [0, 0.1) is 0 Å². The van der Waals surface area contributed by atoms with Crippen LogP contribution in [0.1, 0.15) is 46.6 Å². The Morgan fingerprint density at radius 1 is 1.11 bits per heavy atom. The first kappa shape index (κ1) is 14.6. The van der Waals surface area contributed by atoms with E-state index in [1.165, 1.54) is 5.56 Å². The smallest absolute Gasteiger partial charge is 0.305 e. The molecule has 0 atom stereocenters. The lowest BCUT2D eigenvalue weighted by Gasteiger charge is -2.26. The molecule has 0 radical (unpaired) electrons. The van der Waals surface area contributed by atoms with Gasteiger partial charge in [-0.05, 0) is 37.0 Å². The predicted molar refractivity (Wildman–Crippen MR) is 75.1 cm³/mol. The third kappa shape index (κ3) is 4.40. The summed E-state index contributed by atoms with van der Waals surface area (Å²) in [5.41, 5.74) is 1.91. The molecule has 0 bridgehead atoms. The van der Waals surface area contributed by atoms with Crippen molar-refractivity contribution in [2.75, 3.05) is 5.32 Å². The maximum Gasteiger partial charge on any atom is 0.305 e. The Kier molecular flexibility index (Phi) is 4.05. The van der Waals surface area contributed by atoms with Gasteiger partial charge in [0.2, 0.25) is 0 Å². The van der Waals surface area contributed by atoms with Crippen LogP contribution in [0.15, 0.2) is 24.3 Å². The van der Waals surface area contributed by atoms with E-state index in [4.69, 9.17) is 5.11 Å². The van der Waals surface area contributed by atoms with Crippen molar-refractivity contribution in [3.05, 3.63) is 29.8 Å². The molecule has 0 heterocycles. The highest BCUT2D eigenvalue weighted by molar-refractivity contribution is 5.69. The van der Waals surface area contributed by atoms with Gasteiger partial charge >= 0.3 is 5.97 Å². The van der Waals surface area contributed by atoms with Crippen molar-refractivity contribution in [2.24, 2.45) is 0 Å². The van der Waals surface area contributed by atoms with Gasteiger partial charge in [0.05, 0.1) is 6.42 Å². The molecule has 1 aromatic carbocycles. The van der Waals surface area contributed by atoms with E-state index >= 15 is 0 Å². The van der Waals surface area contributed by atoms with E-state index in [0.717, 1.165) is 5.69 Å². The molecule has 1 rings (SSSR count). The molecule has 3 nitrogen and oxygen atoms in total. The quantitative estimate of drug-likeness (QED) is 0.856. The Bertz CT molecular complexity index is 413. The molecule has 0 aliphatic heterocycles. The van der Waals surface area contributed by atoms with Crippen LogP contribution in [0.25, 0.3) is 0 Å². The van der Waals surface area contributed by atoms with Crippen LogP contribution in [0.5, 0.6) is 0 Å². The zero-order chi connectivity index (χ0) is 14.0. The first-order valence-electron chi connectivity index (χ1n) is 6.21. The fraction of sp³-hybridized carbons (Fsp3) is 0.533. The van der Waals surface area contributed by atoms with Crippen LogP contribution in [0.3, 0.4) is 0 Å². The lowest BCUT2D eigenvalue weighted by Crippen LogP contribution is -2.33. The Morgan fingerprint density at radius 3 is 2.00 bits per heavy atom. The maximum absolute atomic E-state index is 10.8. The monoisotopic (exact) mass is 249 g/mol. The van der Waals surface area contributed by atoms with Crippen LogP contribution in [0.4, 0.5) is 5.69 Å². The van der Waals surface area contributed by atoms with Gasteiger partial charge in [0.15, 0.2) is 0 Å². The van der Waals surface area contributed by atoms with Gasteiger partial charge in [0.25, 0.3) is 0 Å². The fourth-order valence-electron chi connectivity index (χ4n) is 1.87. The molecule has 1 aromatic rings. The Hall–Kier alpha value is -1.51. The van der Waals surface area contributed by atoms with Gasteiger partial charge in [-0.15, -0.1) is 0 Å². The number of hydrogen-bond donors (Lipinski definition) is 2. The molecule has 0 spiro atoms. The second kappa shape index (κ2) is 5.01. The first-order valence-corrected chi connectivity index (χ1v) is 6.21. The van der Waals surface area contributed by atoms with Crippen LogP contribution >= 0.6 is 0 Å². The van der Waals surface area contributed by atoms with E-state index in [-0.39, 0.29) is 11.8 Å². The summed E-state index contributed by atoms with van der Waals surface area (Å²) < 4.78 is 0. The van der Waals surface area contributed by atoms with Gasteiger partial charge in [-0.25, -0.2) is 0 Å². The lowest BCUT2D eigenvalue weighted by atomic mass is 9.87. The number of nitrogens with one attached hydrogen (secondary N) is 1. The summed E-state index contributed by atoms with van der Waals surface area (Å²) >= 11 is 0. The molecule has 0 aromatic heterocycles. The highest BCUT2D eigenvalue weighted by atomic mass is 16.4. The van der Waals surface area contributed by atoms with E-state index in [2.05, 4.69) is 38.2 Å². The molecule has 0 fully saturated rings. The van der Waals surface area contributed by atoms with Crippen LogP contribution in [-0.4, -0.2) is 16.6 Å². The van der Waals surface area contributed by atoms with E-state index in [1.54, 1.807) is 0 Å². The molecule has 0 saturated carbocycles. The zero-order valence-electron chi connectivity index (χ0n) is 11.9. The van der Waals surface area contributed by atoms with Crippen molar-refractivity contribution in [2.45, 2.75) is 52.0 Å². The summed E-state index contributed by atoms with van der Waals surface area (Å²) in [6.45, 7) is 10.3. The van der Waals surface area contributed by atoms with Crippen molar-refractivity contribution in [3.8, 4) is 0 Å². The minimum atomic E-state index is -0.793. The average molecular weight is 249 g/mol. The predicted octanol–water partition coefficient (Wildman–Crippen LogP) is 3.65. The lowest BCUT2D eigenvalue weighted by molar-refractivity contribution is -0.137. The second-order valence-corrected chi connectivity index (χ2v) is 6.41. The van der Waals surface area contributed by atoms with Gasteiger partial charge in [-0.1, -0.05) is 32.9 Å². The van der Waals surface area contributed by atoms with E-state index in [9.17, 15) is 4.79 Å². The first-order chi connectivity index (χ1) is 8.10. The number of benzene rings is 1. The molecule has 18 heavy (non-hydrogen) atoms. The fourth-order valence-corrected chi connectivity index (χ4v) is 1.87. The highest BCUT2D eigenvalue weighted by Crippen LogP contribution is 2.25. The summed E-state index contributed by atoms with van der Waals surface area (Å²) in [7, 11) is 0.